The lowest BCUT2D eigenvalue weighted by Gasteiger charge is -1.84. The summed E-state index contributed by atoms with van der Waals surface area (Å²) in [6, 6.07) is 0. The van der Waals surface area contributed by atoms with Crippen molar-refractivity contribution in [2.45, 2.75) is 0 Å². The van der Waals surface area contributed by atoms with E-state index in [0.29, 0.717) is 5.17 Å². The van der Waals surface area contributed by atoms with Crippen LogP contribution in [-0.2, 0) is 0 Å². The van der Waals surface area contributed by atoms with E-state index in [9.17, 15) is 0 Å². The Morgan fingerprint density at radius 2 is 2.57 bits per heavy atom. The molecular formula is C4H7ClN2. The first-order chi connectivity index (χ1) is 3.31. The van der Waals surface area contributed by atoms with Crippen LogP contribution in [0.25, 0.3) is 0 Å². The molecule has 0 fully saturated rings. The maximum Gasteiger partial charge on any atom is 0.148 e. The number of hydrazone groups is 1. The standard InChI is InChI=1S/C4H7ClN2/c1-3-4(5)7-6-2/h3,6H,1H2,2H3/b7-4+. The molecule has 0 heterocycles. The second-order valence-corrected chi connectivity index (χ2v) is 1.25. The summed E-state index contributed by atoms with van der Waals surface area (Å²) in [5.41, 5.74) is 2.50. The van der Waals surface area contributed by atoms with Gasteiger partial charge in [0.1, 0.15) is 5.17 Å². The molecule has 0 rings (SSSR count). The van der Waals surface area contributed by atoms with E-state index >= 15 is 0 Å². The van der Waals surface area contributed by atoms with Crippen molar-refractivity contribution in [3.63, 3.8) is 0 Å². The summed E-state index contributed by atoms with van der Waals surface area (Å²) in [5.74, 6) is 0. The second kappa shape index (κ2) is 3.68. The molecule has 0 saturated carbocycles. The van der Waals surface area contributed by atoms with Crippen LogP contribution in [0.3, 0.4) is 0 Å². The summed E-state index contributed by atoms with van der Waals surface area (Å²) in [5, 5.41) is 3.93. The molecule has 3 heteroatoms. The largest absolute Gasteiger partial charge is 0.312 e. The number of nitrogens with zero attached hydrogens (tertiary/aromatic N) is 1. The van der Waals surface area contributed by atoms with Crippen molar-refractivity contribution in [2.75, 3.05) is 7.05 Å². The van der Waals surface area contributed by atoms with Crippen molar-refractivity contribution in [1.29, 1.82) is 0 Å². The Bertz CT molecular complexity index is 87.7. The van der Waals surface area contributed by atoms with E-state index in [1.165, 1.54) is 6.08 Å². The fraction of sp³-hybridized carbons (Fsp3) is 0.250. The van der Waals surface area contributed by atoms with E-state index in [0.717, 1.165) is 0 Å². The van der Waals surface area contributed by atoms with E-state index in [1.807, 2.05) is 0 Å². The summed E-state index contributed by atoms with van der Waals surface area (Å²) in [6.45, 7) is 3.38. The number of rotatable bonds is 2. The minimum absolute atomic E-state index is 0.377. The van der Waals surface area contributed by atoms with Crippen LogP contribution in [0.5, 0.6) is 0 Å². The maximum absolute atomic E-state index is 5.33. The summed E-state index contributed by atoms with van der Waals surface area (Å²) >= 11 is 5.33. The quantitative estimate of drug-likeness (QED) is 0.424. The summed E-state index contributed by atoms with van der Waals surface area (Å²) in [6.07, 6.45) is 1.46. The van der Waals surface area contributed by atoms with Gasteiger partial charge in [-0.1, -0.05) is 18.2 Å². The summed E-state index contributed by atoms with van der Waals surface area (Å²) in [7, 11) is 1.67. The zero-order chi connectivity index (χ0) is 5.70. The van der Waals surface area contributed by atoms with E-state index in [1.54, 1.807) is 7.05 Å². The average Bonchev–Trinajstić information content (AvgIpc) is 1.68. The number of halogens is 1. The second-order valence-electron chi connectivity index (χ2n) is 0.862. The average molecular weight is 119 g/mol. The van der Waals surface area contributed by atoms with Gasteiger partial charge in [0.2, 0.25) is 0 Å². The van der Waals surface area contributed by atoms with Gasteiger partial charge in [-0.2, -0.15) is 5.10 Å². The van der Waals surface area contributed by atoms with Gasteiger partial charge in [0.05, 0.1) is 0 Å². The highest BCUT2D eigenvalue weighted by Crippen LogP contribution is 1.81. The Hall–Kier alpha value is -0.500. The van der Waals surface area contributed by atoms with Gasteiger partial charge in [-0.05, 0) is 6.08 Å². The first kappa shape index (κ1) is 6.50. The predicted octanol–water partition coefficient (Wildman–Crippen LogP) is 0.944. The molecule has 0 aromatic carbocycles. The van der Waals surface area contributed by atoms with Gasteiger partial charge < -0.3 is 5.43 Å². The van der Waals surface area contributed by atoms with Crippen molar-refractivity contribution >= 4 is 16.8 Å². The molecular weight excluding hydrogens is 112 g/mol. The van der Waals surface area contributed by atoms with E-state index in [-0.39, 0.29) is 0 Å². The molecule has 0 saturated heterocycles. The molecule has 0 bridgehead atoms. The molecule has 0 aliphatic rings. The highest BCUT2D eigenvalue weighted by Gasteiger charge is 1.76. The third-order valence-electron chi connectivity index (χ3n) is 0.387. The molecule has 0 spiro atoms. The van der Waals surface area contributed by atoms with Gasteiger partial charge >= 0.3 is 0 Å². The third-order valence-corrected chi connectivity index (χ3v) is 0.626. The van der Waals surface area contributed by atoms with Gasteiger partial charge in [0, 0.05) is 7.05 Å². The first-order valence-corrected chi connectivity index (χ1v) is 2.21. The number of nitrogens with one attached hydrogen (secondary N) is 1. The Labute approximate surface area is 47.9 Å². The zero-order valence-electron chi connectivity index (χ0n) is 4.11. The lowest BCUT2D eigenvalue weighted by molar-refractivity contribution is 0.907. The van der Waals surface area contributed by atoms with Crippen molar-refractivity contribution in [3.8, 4) is 0 Å². The van der Waals surface area contributed by atoms with Gasteiger partial charge in [0.15, 0.2) is 0 Å². The molecule has 0 unspecified atom stereocenters. The van der Waals surface area contributed by atoms with Crippen LogP contribution in [0.15, 0.2) is 17.8 Å². The Morgan fingerprint density at radius 1 is 2.00 bits per heavy atom. The molecule has 0 aliphatic heterocycles. The smallest absolute Gasteiger partial charge is 0.148 e. The minimum atomic E-state index is 0.377. The van der Waals surface area contributed by atoms with E-state index in [4.69, 9.17) is 11.6 Å². The lowest BCUT2D eigenvalue weighted by Crippen LogP contribution is -1.95. The molecule has 40 valence electrons. The fourth-order valence-corrected chi connectivity index (χ4v) is 0.237. The van der Waals surface area contributed by atoms with Gasteiger partial charge in [-0.3, -0.25) is 0 Å². The predicted molar refractivity (Wildman–Crippen MR) is 32.5 cm³/mol. The molecule has 2 nitrogen and oxygen atoms in total. The van der Waals surface area contributed by atoms with Crippen LogP contribution < -0.4 is 5.43 Å². The van der Waals surface area contributed by atoms with Gasteiger partial charge in [-0.15, -0.1) is 0 Å². The van der Waals surface area contributed by atoms with Gasteiger partial charge in [-0.25, -0.2) is 0 Å². The fourth-order valence-electron chi connectivity index (χ4n) is 0.152. The van der Waals surface area contributed by atoms with E-state index in [2.05, 4.69) is 17.1 Å². The minimum Gasteiger partial charge on any atom is -0.312 e. The lowest BCUT2D eigenvalue weighted by atomic mass is 10.7. The van der Waals surface area contributed by atoms with Crippen LogP contribution in [0.4, 0.5) is 0 Å². The number of hydrogen-bond donors (Lipinski definition) is 1. The summed E-state index contributed by atoms with van der Waals surface area (Å²) < 4.78 is 0. The monoisotopic (exact) mass is 118 g/mol. The SMILES string of the molecule is C=C/C(Cl)=N\NC. The Balaban J connectivity index is 3.49. The molecule has 0 amide bonds. The van der Waals surface area contributed by atoms with Crippen molar-refractivity contribution < 1.29 is 0 Å². The van der Waals surface area contributed by atoms with Crippen molar-refractivity contribution in [1.82, 2.24) is 5.43 Å². The van der Waals surface area contributed by atoms with Crippen molar-refractivity contribution in [3.05, 3.63) is 12.7 Å². The highest BCUT2D eigenvalue weighted by molar-refractivity contribution is 6.68. The zero-order valence-corrected chi connectivity index (χ0v) is 4.87. The summed E-state index contributed by atoms with van der Waals surface area (Å²) in [4.78, 5) is 0. The third kappa shape index (κ3) is 3.33. The van der Waals surface area contributed by atoms with Crippen LogP contribution in [0.1, 0.15) is 0 Å². The normalized spacial score (nSPS) is 10.9. The Morgan fingerprint density at radius 3 is 2.71 bits per heavy atom. The topological polar surface area (TPSA) is 24.4 Å². The highest BCUT2D eigenvalue weighted by atomic mass is 35.5. The van der Waals surface area contributed by atoms with Crippen LogP contribution in [-0.4, -0.2) is 12.2 Å². The number of hydrogen-bond acceptors (Lipinski definition) is 2. The molecule has 0 aliphatic carbocycles. The van der Waals surface area contributed by atoms with E-state index < -0.39 is 0 Å². The first-order valence-electron chi connectivity index (χ1n) is 1.83. The van der Waals surface area contributed by atoms with Gasteiger partial charge in [0.25, 0.3) is 0 Å². The molecule has 7 heavy (non-hydrogen) atoms. The number of allylic oxidation sites excluding steroid dienone is 1. The molecule has 0 aromatic heterocycles. The maximum atomic E-state index is 5.33. The van der Waals surface area contributed by atoms with Crippen LogP contribution in [0, 0.1) is 0 Å². The molecule has 0 aromatic rings. The van der Waals surface area contributed by atoms with Crippen LogP contribution in [0.2, 0.25) is 0 Å². The molecule has 0 atom stereocenters. The van der Waals surface area contributed by atoms with Crippen LogP contribution >= 0.6 is 11.6 Å². The van der Waals surface area contributed by atoms with Crippen molar-refractivity contribution in [2.24, 2.45) is 5.10 Å². The molecule has 1 N–H and O–H groups in total. The molecule has 0 radical (unpaired) electrons. The Kier molecular flexibility index (Phi) is 3.42.